The first-order valence-electron chi connectivity index (χ1n) is 7.97. The molecule has 1 N–H and O–H groups in total. The van der Waals surface area contributed by atoms with Crippen LogP contribution in [0.3, 0.4) is 0 Å². The SMILES string of the molecule is COc1ccc(-c2noc(CNc3cc(C)ccc3C)n2)cc1OC. The topological polar surface area (TPSA) is 69.4 Å². The Balaban J connectivity index is 1.75. The van der Waals surface area contributed by atoms with Crippen molar-refractivity contribution in [3.05, 3.63) is 53.4 Å². The van der Waals surface area contributed by atoms with Crippen LogP contribution in [0.1, 0.15) is 17.0 Å². The molecule has 2 aromatic carbocycles. The zero-order chi connectivity index (χ0) is 17.8. The van der Waals surface area contributed by atoms with E-state index in [9.17, 15) is 0 Å². The highest BCUT2D eigenvalue weighted by Crippen LogP contribution is 2.31. The van der Waals surface area contributed by atoms with Gasteiger partial charge in [-0.05, 0) is 49.2 Å². The Morgan fingerprint density at radius 2 is 1.80 bits per heavy atom. The second-order valence-corrected chi connectivity index (χ2v) is 5.75. The number of methoxy groups -OCH3 is 2. The summed E-state index contributed by atoms with van der Waals surface area (Å²) in [5.74, 6) is 2.32. The van der Waals surface area contributed by atoms with Gasteiger partial charge in [0.15, 0.2) is 11.5 Å². The van der Waals surface area contributed by atoms with Crippen LogP contribution in [0.4, 0.5) is 5.69 Å². The van der Waals surface area contributed by atoms with Gasteiger partial charge in [-0.25, -0.2) is 0 Å². The zero-order valence-electron chi connectivity index (χ0n) is 14.8. The molecule has 3 aromatic rings. The molecule has 0 bridgehead atoms. The van der Waals surface area contributed by atoms with Gasteiger partial charge >= 0.3 is 0 Å². The van der Waals surface area contributed by atoms with Crippen LogP contribution in [-0.4, -0.2) is 24.4 Å². The highest BCUT2D eigenvalue weighted by Gasteiger charge is 2.12. The molecular weight excluding hydrogens is 318 g/mol. The Hall–Kier alpha value is -3.02. The van der Waals surface area contributed by atoms with E-state index in [-0.39, 0.29) is 0 Å². The summed E-state index contributed by atoms with van der Waals surface area (Å²) in [5.41, 5.74) is 4.24. The smallest absolute Gasteiger partial charge is 0.246 e. The normalized spacial score (nSPS) is 10.6. The largest absolute Gasteiger partial charge is 0.493 e. The third-order valence-electron chi connectivity index (χ3n) is 3.93. The quantitative estimate of drug-likeness (QED) is 0.732. The average Bonchev–Trinajstić information content (AvgIpc) is 3.11. The van der Waals surface area contributed by atoms with Crippen LogP contribution in [0.25, 0.3) is 11.4 Å². The second-order valence-electron chi connectivity index (χ2n) is 5.75. The van der Waals surface area contributed by atoms with Gasteiger partial charge in [-0.15, -0.1) is 0 Å². The van der Waals surface area contributed by atoms with E-state index in [0.717, 1.165) is 11.3 Å². The van der Waals surface area contributed by atoms with Crippen molar-refractivity contribution in [3.8, 4) is 22.9 Å². The molecule has 0 saturated heterocycles. The van der Waals surface area contributed by atoms with Crippen molar-refractivity contribution in [1.82, 2.24) is 10.1 Å². The van der Waals surface area contributed by atoms with Crippen molar-refractivity contribution >= 4 is 5.69 Å². The molecule has 0 radical (unpaired) electrons. The summed E-state index contributed by atoms with van der Waals surface area (Å²) in [7, 11) is 3.19. The minimum atomic E-state index is 0.463. The van der Waals surface area contributed by atoms with Crippen LogP contribution in [0.15, 0.2) is 40.9 Å². The molecule has 6 nitrogen and oxygen atoms in total. The van der Waals surface area contributed by atoms with E-state index in [0.29, 0.717) is 29.8 Å². The maximum Gasteiger partial charge on any atom is 0.246 e. The first-order valence-corrected chi connectivity index (χ1v) is 7.97. The molecule has 0 unspecified atom stereocenters. The molecule has 0 amide bonds. The highest BCUT2D eigenvalue weighted by molar-refractivity contribution is 5.60. The summed E-state index contributed by atoms with van der Waals surface area (Å²) >= 11 is 0. The summed E-state index contributed by atoms with van der Waals surface area (Å²) in [5, 5.41) is 7.38. The van der Waals surface area contributed by atoms with Crippen molar-refractivity contribution in [1.29, 1.82) is 0 Å². The Kier molecular flexibility index (Phi) is 4.88. The molecule has 25 heavy (non-hydrogen) atoms. The number of rotatable bonds is 6. The van der Waals surface area contributed by atoms with E-state index < -0.39 is 0 Å². The van der Waals surface area contributed by atoms with Gasteiger partial charge in [0.1, 0.15) is 0 Å². The number of nitrogens with zero attached hydrogens (tertiary/aromatic N) is 2. The molecule has 130 valence electrons. The third kappa shape index (κ3) is 3.74. The van der Waals surface area contributed by atoms with Crippen LogP contribution >= 0.6 is 0 Å². The molecule has 0 saturated carbocycles. The van der Waals surface area contributed by atoms with Crippen LogP contribution in [0.5, 0.6) is 11.5 Å². The Morgan fingerprint density at radius 3 is 2.56 bits per heavy atom. The van der Waals surface area contributed by atoms with Gasteiger partial charge in [-0.2, -0.15) is 4.98 Å². The molecule has 0 spiro atoms. The predicted molar refractivity (Wildman–Crippen MR) is 96.1 cm³/mol. The summed E-state index contributed by atoms with van der Waals surface area (Å²) in [6.07, 6.45) is 0. The van der Waals surface area contributed by atoms with E-state index >= 15 is 0 Å². The number of benzene rings is 2. The summed E-state index contributed by atoms with van der Waals surface area (Å²) in [6, 6.07) is 11.8. The van der Waals surface area contributed by atoms with Crippen LogP contribution in [-0.2, 0) is 6.54 Å². The number of aryl methyl sites for hydroxylation is 2. The second kappa shape index (κ2) is 7.25. The minimum absolute atomic E-state index is 0.463. The lowest BCUT2D eigenvalue weighted by atomic mass is 10.1. The van der Waals surface area contributed by atoms with Gasteiger partial charge in [0.25, 0.3) is 0 Å². The standard InChI is InChI=1S/C19H21N3O3/c1-12-5-6-13(2)15(9-12)20-11-18-21-19(22-25-18)14-7-8-16(23-3)17(10-14)24-4/h5-10,20H,11H2,1-4H3. The highest BCUT2D eigenvalue weighted by atomic mass is 16.5. The van der Waals surface area contributed by atoms with Crippen molar-refractivity contribution in [3.63, 3.8) is 0 Å². The van der Waals surface area contributed by atoms with Gasteiger partial charge in [-0.3, -0.25) is 0 Å². The first-order chi connectivity index (χ1) is 12.1. The van der Waals surface area contributed by atoms with Gasteiger partial charge in [0, 0.05) is 11.3 Å². The number of hydrogen-bond acceptors (Lipinski definition) is 6. The van der Waals surface area contributed by atoms with Gasteiger partial charge in [0.2, 0.25) is 11.7 Å². The molecule has 6 heteroatoms. The minimum Gasteiger partial charge on any atom is -0.493 e. The molecule has 0 aliphatic rings. The van der Waals surface area contributed by atoms with Crippen molar-refractivity contribution < 1.29 is 14.0 Å². The molecule has 0 atom stereocenters. The van der Waals surface area contributed by atoms with E-state index in [2.05, 4.69) is 47.5 Å². The summed E-state index contributed by atoms with van der Waals surface area (Å²) in [4.78, 5) is 4.44. The van der Waals surface area contributed by atoms with E-state index in [4.69, 9.17) is 14.0 Å². The van der Waals surface area contributed by atoms with Crippen LogP contribution < -0.4 is 14.8 Å². The fraction of sp³-hybridized carbons (Fsp3) is 0.263. The maximum absolute atomic E-state index is 5.35. The molecule has 1 heterocycles. The monoisotopic (exact) mass is 339 g/mol. The van der Waals surface area contributed by atoms with Crippen LogP contribution in [0, 0.1) is 13.8 Å². The van der Waals surface area contributed by atoms with Crippen LogP contribution in [0.2, 0.25) is 0 Å². The number of nitrogens with one attached hydrogen (secondary N) is 1. The number of aromatic nitrogens is 2. The lowest BCUT2D eigenvalue weighted by molar-refractivity contribution is 0.355. The van der Waals surface area contributed by atoms with Crippen molar-refractivity contribution in [2.24, 2.45) is 0 Å². The lowest BCUT2D eigenvalue weighted by Crippen LogP contribution is -2.01. The van der Waals surface area contributed by atoms with Gasteiger partial charge in [0.05, 0.1) is 20.8 Å². The van der Waals surface area contributed by atoms with E-state index in [1.807, 2.05) is 18.2 Å². The first kappa shape index (κ1) is 16.8. The van der Waals surface area contributed by atoms with Gasteiger partial charge < -0.3 is 19.3 Å². The van der Waals surface area contributed by atoms with E-state index in [1.54, 1.807) is 14.2 Å². The third-order valence-corrected chi connectivity index (χ3v) is 3.93. The number of hydrogen-bond donors (Lipinski definition) is 1. The molecule has 0 aliphatic carbocycles. The van der Waals surface area contributed by atoms with E-state index in [1.165, 1.54) is 11.1 Å². The summed E-state index contributed by atoms with van der Waals surface area (Å²) < 4.78 is 15.9. The average molecular weight is 339 g/mol. The maximum atomic E-state index is 5.35. The number of ether oxygens (including phenoxy) is 2. The van der Waals surface area contributed by atoms with Crippen molar-refractivity contribution in [2.45, 2.75) is 20.4 Å². The summed E-state index contributed by atoms with van der Waals surface area (Å²) in [6.45, 7) is 4.59. The Labute approximate surface area is 146 Å². The molecule has 1 aromatic heterocycles. The molecule has 0 aliphatic heterocycles. The molecular formula is C19H21N3O3. The van der Waals surface area contributed by atoms with Crippen molar-refractivity contribution in [2.75, 3.05) is 19.5 Å². The zero-order valence-corrected chi connectivity index (χ0v) is 14.8. The predicted octanol–water partition coefficient (Wildman–Crippen LogP) is 3.98. The Bertz CT molecular complexity index is 874. The number of anilines is 1. The fourth-order valence-corrected chi connectivity index (χ4v) is 2.52. The molecule has 0 fully saturated rings. The molecule has 3 rings (SSSR count). The Morgan fingerprint density at radius 1 is 1.00 bits per heavy atom. The van der Waals surface area contributed by atoms with Gasteiger partial charge in [-0.1, -0.05) is 17.3 Å². The fourth-order valence-electron chi connectivity index (χ4n) is 2.52. The lowest BCUT2D eigenvalue weighted by Gasteiger charge is -2.08.